The van der Waals surface area contributed by atoms with Gasteiger partial charge in [0.1, 0.15) is 23.0 Å². The molecule has 7 nitrogen and oxygen atoms in total. The molecule has 0 aliphatic carbocycles. The van der Waals surface area contributed by atoms with Crippen molar-refractivity contribution in [1.82, 2.24) is 9.55 Å². The van der Waals surface area contributed by atoms with E-state index in [0.29, 0.717) is 28.5 Å². The van der Waals surface area contributed by atoms with Gasteiger partial charge in [-0.25, -0.2) is 4.98 Å². The smallest absolute Gasteiger partial charge is 0.235 e. The number of hydrogen-bond acceptors (Lipinski definition) is 6. The highest BCUT2D eigenvalue weighted by Gasteiger charge is 2.24. The Kier molecular flexibility index (Phi) is 6.35. The zero-order valence-corrected chi connectivity index (χ0v) is 16.7. The summed E-state index contributed by atoms with van der Waals surface area (Å²) in [6, 6.07) is 7.63. The number of carbonyl (C=O) groups excluding carboxylic acids is 1. The van der Waals surface area contributed by atoms with Crippen LogP contribution in [0.25, 0.3) is 0 Å². The number of nitrogens with one attached hydrogen (secondary N) is 1. The molecule has 0 spiro atoms. The SMILES string of the molecule is Cc1c(C#N)c(NC(=O)CSc2ncccc2C#N)n(C[C@@H]2CCCO2)c1C. The van der Waals surface area contributed by atoms with Gasteiger partial charge in [0.15, 0.2) is 0 Å². The zero-order valence-electron chi connectivity index (χ0n) is 15.9. The van der Waals surface area contributed by atoms with Gasteiger partial charge in [0.05, 0.1) is 29.5 Å². The summed E-state index contributed by atoms with van der Waals surface area (Å²) in [6.45, 7) is 5.19. The van der Waals surface area contributed by atoms with Crippen LogP contribution in [0.4, 0.5) is 5.82 Å². The number of thioether (sulfide) groups is 1. The van der Waals surface area contributed by atoms with E-state index in [-0.39, 0.29) is 17.8 Å². The van der Waals surface area contributed by atoms with Crippen molar-refractivity contribution in [3.8, 4) is 12.1 Å². The van der Waals surface area contributed by atoms with E-state index in [2.05, 4.69) is 22.4 Å². The number of rotatable bonds is 6. The molecule has 2 aromatic heterocycles. The normalized spacial score (nSPS) is 15.8. The Morgan fingerprint density at radius 1 is 1.43 bits per heavy atom. The van der Waals surface area contributed by atoms with Crippen LogP contribution in [0.15, 0.2) is 23.4 Å². The minimum Gasteiger partial charge on any atom is -0.376 e. The number of nitrogens with zero attached hydrogens (tertiary/aromatic N) is 4. The van der Waals surface area contributed by atoms with Gasteiger partial charge in [-0.2, -0.15) is 10.5 Å². The highest BCUT2D eigenvalue weighted by atomic mass is 32.2. The van der Waals surface area contributed by atoms with Crippen LogP contribution in [-0.2, 0) is 16.1 Å². The monoisotopic (exact) mass is 395 g/mol. The summed E-state index contributed by atoms with van der Waals surface area (Å²) in [5, 5.41) is 22.1. The van der Waals surface area contributed by atoms with Gasteiger partial charge in [-0.05, 0) is 44.4 Å². The molecule has 1 amide bonds. The third-order valence-electron chi connectivity index (χ3n) is 4.84. The molecule has 1 atom stereocenters. The average Bonchev–Trinajstić information content (AvgIpc) is 3.29. The maximum atomic E-state index is 12.6. The van der Waals surface area contributed by atoms with Crippen molar-refractivity contribution in [2.75, 3.05) is 17.7 Å². The van der Waals surface area contributed by atoms with E-state index in [4.69, 9.17) is 10.00 Å². The molecular formula is C20H21N5O2S. The Labute approximate surface area is 168 Å². The van der Waals surface area contributed by atoms with Gasteiger partial charge in [-0.15, -0.1) is 0 Å². The Balaban J connectivity index is 1.77. The minimum absolute atomic E-state index is 0.0915. The van der Waals surface area contributed by atoms with E-state index in [9.17, 15) is 10.1 Å². The van der Waals surface area contributed by atoms with E-state index in [0.717, 1.165) is 30.7 Å². The van der Waals surface area contributed by atoms with Crippen molar-refractivity contribution in [3.05, 3.63) is 40.7 Å². The number of hydrogen-bond donors (Lipinski definition) is 1. The first-order valence-corrected chi connectivity index (χ1v) is 10.0. The minimum atomic E-state index is -0.248. The third-order valence-corrected chi connectivity index (χ3v) is 5.85. The summed E-state index contributed by atoms with van der Waals surface area (Å²) in [7, 11) is 0. The second kappa shape index (κ2) is 8.92. The zero-order chi connectivity index (χ0) is 20.1. The molecule has 0 unspecified atom stereocenters. The van der Waals surface area contributed by atoms with E-state index in [1.54, 1.807) is 18.3 Å². The first kappa shape index (κ1) is 19.9. The molecule has 144 valence electrons. The quantitative estimate of drug-likeness (QED) is 0.754. The number of nitriles is 2. The fraction of sp³-hybridized carbons (Fsp3) is 0.400. The van der Waals surface area contributed by atoms with Crippen molar-refractivity contribution in [2.24, 2.45) is 0 Å². The predicted octanol–water partition coefficient (Wildman–Crippen LogP) is 3.15. The van der Waals surface area contributed by atoms with Crippen LogP contribution in [0.3, 0.4) is 0 Å². The number of ether oxygens (including phenoxy) is 1. The Bertz CT molecular complexity index is 964. The summed E-state index contributed by atoms with van der Waals surface area (Å²) >= 11 is 1.20. The molecule has 8 heteroatoms. The van der Waals surface area contributed by atoms with E-state index < -0.39 is 0 Å². The van der Waals surface area contributed by atoms with Gasteiger partial charge in [0.2, 0.25) is 5.91 Å². The maximum Gasteiger partial charge on any atom is 0.235 e. The van der Waals surface area contributed by atoms with Gasteiger partial charge in [-0.3, -0.25) is 4.79 Å². The molecule has 1 aliphatic heterocycles. The molecule has 0 saturated carbocycles. The summed E-state index contributed by atoms with van der Waals surface area (Å²) in [5.74, 6) is 0.363. The molecule has 1 saturated heterocycles. The molecule has 3 rings (SSSR count). The number of amides is 1. The lowest BCUT2D eigenvalue weighted by molar-refractivity contribution is -0.113. The fourth-order valence-electron chi connectivity index (χ4n) is 3.24. The van der Waals surface area contributed by atoms with Gasteiger partial charge in [0.25, 0.3) is 0 Å². The van der Waals surface area contributed by atoms with Crippen LogP contribution in [0, 0.1) is 36.5 Å². The van der Waals surface area contributed by atoms with Gasteiger partial charge < -0.3 is 14.6 Å². The summed E-state index contributed by atoms with van der Waals surface area (Å²) in [5.41, 5.74) is 2.72. The van der Waals surface area contributed by atoms with Crippen molar-refractivity contribution in [1.29, 1.82) is 10.5 Å². The Hall–Kier alpha value is -2.81. The molecule has 1 N–H and O–H groups in total. The average molecular weight is 395 g/mol. The second-order valence-corrected chi connectivity index (χ2v) is 7.56. The highest BCUT2D eigenvalue weighted by molar-refractivity contribution is 8.00. The predicted molar refractivity (Wildman–Crippen MR) is 106 cm³/mol. The topological polar surface area (TPSA) is 104 Å². The van der Waals surface area contributed by atoms with Crippen LogP contribution < -0.4 is 5.32 Å². The standard InChI is InChI=1S/C20H21N5O2S/c1-13-14(2)25(11-16-6-4-8-27-16)19(17(13)10-22)24-18(26)12-28-20-15(9-21)5-3-7-23-20/h3,5,7,16H,4,6,8,11-12H2,1-2H3,(H,24,26)/t16-/m0/s1. The van der Waals surface area contributed by atoms with Crippen molar-refractivity contribution >= 4 is 23.5 Å². The van der Waals surface area contributed by atoms with E-state index in [1.165, 1.54) is 11.8 Å². The largest absolute Gasteiger partial charge is 0.376 e. The van der Waals surface area contributed by atoms with Crippen molar-refractivity contribution in [3.63, 3.8) is 0 Å². The summed E-state index contributed by atoms with van der Waals surface area (Å²) < 4.78 is 7.69. The molecule has 1 aliphatic rings. The molecule has 3 heterocycles. The molecule has 2 aromatic rings. The molecule has 0 radical (unpaired) electrons. The van der Waals surface area contributed by atoms with E-state index in [1.807, 2.05) is 18.4 Å². The third kappa shape index (κ3) is 4.19. The van der Waals surface area contributed by atoms with Gasteiger partial charge >= 0.3 is 0 Å². The Morgan fingerprint density at radius 2 is 2.25 bits per heavy atom. The van der Waals surface area contributed by atoms with Crippen LogP contribution in [0.2, 0.25) is 0 Å². The number of pyridine rings is 1. The van der Waals surface area contributed by atoms with Gasteiger partial charge in [0, 0.05) is 18.5 Å². The maximum absolute atomic E-state index is 12.6. The van der Waals surface area contributed by atoms with E-state index >= 15 is 0 Å². The highest BCUT2D eigenvalue weighted by Crippen LogP contribution is 2.29. The molecule has 0 aromatic carbocycles. The van der Waals surface area contributed by atoms with Crippen LogP contribution in [0.1, 0.15) is 35.2 Å². The lowest BCUT2D eigenvalue weighted by atomic mass is 10.2. The number of carbonyl (C=O) groups is 1. The lowest BCUT2D eigenvalue weighted by Crippen LogP contribution is -2.22. The van der Waals surface area contributed by atoms with Crippen LogP contribution in [-0.4, -0.2) is 33.9 Å². The molecule has 1 fully saturated rings. The van der Waals surface area contributed by atoms with Gasteiger partial charge in [-0.1, -0.05) is 11.8 Å². The summed E-state index contributed by atoms with van der Waals surface area (Å²) in [6.07, 6.45) is 3.68. The van der Waals surface area contributed by atoms with Crippen molar-refractivity contribution < 1.29 is 9.53 Å². The lowest BCUT2D eigenvalue weighted by Gasteiger charge is -2.16. The molecule has 0 bridgehead atoms. The number of aromatic nitrogens is 2. The second-order valence-electron chi connectivity index (χ2n) is 6.60. The Morgan fingerprint density at radius 3 is 2.93 bits per heavy atom. The first-order valence-electron chi connectivity index (χ1n) is 9.04. The first-order chi connectivity index (χ1) is 13.5. The number of anilines is 1. The fourth-order valence-corrected chi connectivity index (χ4v) is 3.99. The summed E-state index contributed by atoms with van der Waals surface area (Å²) in [4.78, 5) is 16.7. The molecular weight excluding hydrogens is 374 g/mol. The van der Waals surface area contributed by atoms with Crippen LogP contribution >= 0.6 is 11.8 Å². The molecule has 28 heavy (non-hydrogen) atoms. The van der Waals surface area contributed by atoms with Crippen LogP contribution in [0.5, 0.6) is 0 Å². The van der Waals surface area contributed by atoms with Crippen molar-refractivity contribution in [2.45, 2.75) is 44.4 Å².